The van der Waals surface area contributed by atoms with Crippen molar-refractivity contribution in [3.63, 3.8) is 0 Å². The van der Waals surface area contributed by atoms with Crippen LogP contribution in [0.2, 0.25) is 0 Å². The molecule has 94 valence electrons. The van der Waals surface area contributed by atoms with Gasteiger partial charge in [0.05, 0.1) is 11.8 Å². The predicted molar refractivity (Wildman–Crippen MR) is 68.2 cm³/mol. The molecule has 0 aliphatic carbocycles. The number of carbonyl (C=O) groups is 2. The summed E-state index contributed by atoms with van der Waals surface area (Å²) in [6.07, 6.45) is 11.2. The number of unbranched alkanes of at least 4 members (excludes halogenated alkanes) is 4. The van der Waals surface area contributed by atoms with Gasteiger partial charge in [0.25, 0.3) is 0 Å². The van der Waals surface area contributed by atoms with E-state index >= 15 is 0 Å². The Morgan fingerprint density at radius 3 is 2.53 bits per heavy atom. The molecule has 1 fully saturated rings. The summed E-state index contributed by atoms with van der Waals surface area (Å²) in [6, 6.07) is 0. The molecule has 1 aliphatic rings. The number of rotatable bonds is 7. The first-order chi connectivity index (χ1) is 8.20. The van der Waals surface area contributed by atoms with Crippen LogP contribution in [0.15, 0.2) is 24.8 Å². The van der Waals surface area contributed by atoms with Gasteiger partial charge in [0.15, 0.2) is 0 Å². The van der Waals surface area contributed by atoms with E-state index < -0.39 is 5.92 Å². The molecule has 1 heterocycles. The number of carbonyl (C=O) groups excluding carboxylic acids is 2. The first-order valence-electron chi connectivity index (χ1n) is 6.34. The molecule has 1 rings (SSSR count). The van der Waals surface area contributed by atoms with E-state index in [9.17, 15) is 9.59 Å². The zero-order valence-corrected chi connectivity index (χ0v) is 10.4. The second-order valence-corrected chi connectivity index (χ2v) is 4.42. The van der Waals surface area contributed by atoms with Crippen LogP contribution in [0.3, 0.4) is 0 Å². The van der Waals surface area contributed by atoms with Crippen molar-refractivity contribution in [3.8, 4) is 0 Å². The molecule has 0 radical (unpaired) electrons. The molecule has 1 N–H and O–H groups in total. The van der Waals surface area contributed by atoms with Gasteiger partial charge in [-0.3, -0.25) is 14.9 Å². The number of amides is 2. The molecule has 0 aromatic heterocycles. The molecule has 2 unspecified atom stereocenters. The highest BCUT2D eigenvalue weighted by Crippen LogP contribution is 2.21. The minimum absolute atomic E-state index is 0.204. The lowest BCUT2D eigenvalue weighted by Crippen LogP contribution is -2.21. The molecule has 1 aliphatic heterocycles. The van der Waals surface area contributed by atoms with Crippen molar-refractivity contribution in [2.24, 2.45) is 11.8 Å². The molecule has 0 spiro atoms. The average molecular weight is 235 g/mol. The van der Waals surface area contributed by atoms with Crippen molar-refractivity contribution in [2.45, 2.75) is 39.0 Å². The van der Waals surface area contributed by atoms with Crippen molar-refractivity contribution in [2.75, 3.05) is 0 Å². The minimum Gasteiger partial charge on any atom is -0.295 e. The lowest BCUT2D eigenvalue weighted by Gasteiger charge is -2.05. The molecular formula is C14H21NO2. The van der Waals surface area contributed by atoms with E-state index in [2.05, 4.69) is 18.8 Å². The van der Waals surface area contributed by atoms with Crippen LogP contribution in [0, 0.1) is 11.8 Å². The molecular weight excluding hydrogens is 214 g/mol. The van der Waals surface area contributed by atoms with Gasteiger partial charge in [0.2, 0.25) is 11.8 Å². The zero-order valence-electron chi connectivity index (χ0n) is 10.4. The van der Waals surface area contributed by atoms with Crippen molar-refractivity contribution in [1.29, 1.82) is 0 Å². The molecule has 17 heavy (non-hydrogen) atoms. The van der Waals surface area contributed by atoms with Gasteiger partial charge in [-0.15, -0.1) is 6.58 Å². The van der Waals surface area contributed by atoms with E-state index in [-0.39, 0.29) is 17.7 Å². The lowest BCUT2D eigenvalue weighted by atomic mass is 9.94. The van der Waals surface area contributed by atoms with Crippen molar-refractivity contribution in [1.82, 2.24) is 5.32 Å². The fourth-order valence-corrected chi connectivity index (χ4v) is 2.01. The normalized spacial score (nSPS) is 24.3. The summed E-state index contributed by atoms with van der Waals surface area (Å²) in [5.41, 5.74) is 0. The van der Waals surface area contributed by atoms with Crippen LogP contribution >= 0.6 is 0 Å². The van der Waals surface area contributed by atoms with Crippen LogP contribution in [0.25, 0.3) is 0 Å². The first-order valence-corrected chi connectivity index (χ1v) is 6.34. The topological polar surface area (TPSA) is 46.2 Å². The van der Waals surface area contributed by atoms with Crippen LogP contribution in [0.1, 0.15) is 39.0 Å². The Morgan fingerprint density at radius 2 is 1.88 bits per heavy atom. The quantitative estimate of drug-likeness (QED) is 0.419. The largest absolute Gasteiger partial charge is 0.295 e. The van der Waals surface area contributed by atoms with Crippen molar-refractivity contribution < 1.29 is 9.59 Å². The van der Waals surface area contributed by atoms with Crippen molar-refractivity contribution in [3.05, 3.63) is 24.8 Å². The predicted octanol–water partition coefficient (Wildman–Crippen LogP) is 2.59. The van der Waals surface area contributed by atoms with Crippen LogP contribution in [0.5, 0.6) is 0 Å². The Hall–Kier alpha value is -1.38. The number of hydrogen-bond donors (Lipinski definition) is 1. The van der Waals surface area contributed by atoms with E-state index in [0.29, 0.717) is 0 Å². The van der Waals surface area contributed by atoms with Crippen LogP contribution < -0.4 is 5.32 Å². The maximum atomic E-state index is 11.5. The maximum absolute atomic E-state index is 11.5. The number of imide groups is 1. The Balaban J connectivity index is 2.38. The van der Waals surface area contributed by atoms with E-state index in [1.165, 1.54) is 19.3 Å². The third kappa shape index (κ3) is 3.84. The molecule has 0 saturated carbocycles. The van der Waals surface area contributed by atoms with Gasteiger partial charge in [-0.25, -0.2) is 0 Å². The third-order valence-corrected chi connectivity index (χ3v) is 3.06. The van der Waals surface area contributed by atoms with Gasteiger partial charge in [-0.1, -0.05) is 44.4 Å². The molecule has 1 saturated heterocycles. The van der Waals surface area contributed by atoms with E-state index in [4.69, 9.17) is 0 Å². The fraction of sp³-hybridized carbons (Fsp3) is 0.571. The summed E-state index contributed by atoms with van der Waals surface area (Å²) < 4.78 is 0. The Morgan fingerprint density at radius 1 is 1.18 bits per heavy atom. The summed E-state index contributed by atoms with van der Waals surface area (Å²) in [5.74, 6) is -1.18. The standard InChI is InChI=1S/C14H21NO2/c1-3-5-6-7-8-9-10-12-11(4-2)13(16)15-14(12)17/h4,9-12H,2-3,5-8H2,1H3,(H,15,16,17). The van der Waals surface area contributed by atoms with Crippen molar-refractivity contribution >= 4 is 11.8 Å². The summed E-state index contributed by atoms with van der Waals surface area (Å²) in [4.78, 5) is 22.9. The lowest BCUT2D eigenvalue weighted by molar-refractivity contribution is -0.125. The molecule has 0 aromatic carbocycles. The number of nitrogens with one attached hydrogen (secondary N) is 1. The highest BCUT2D eigenvalue weighted by Gasteiger charge is 2.37. The van der Waals surface area contributed by atoms with Gasteiger partial charge in [0, 0.05) is 0 Å². The average Bonchev–Trinajstić information content (AvgIpc) is 2.58. The summed E-state index contributed by atoms with van der Waals surface area (Å²) in [7, 11) is 0. The number of allylic oxidation sites excluding steroid dienone is 1. The Bertz CT molecular complexity index is 320. The van der Waals surface area contributed by atoms with Gasteiger partial charge in [-0.05, 0) is 12.8 Å². The zero-order chi connectivity index (χ0) is 12.7. The van der Waals surface area contributed by atoms with Gasteiger partial charge >= 0.3 is 0 Å². The van der Waals surface area contributed by atoms with E-state index in [1.807, 2.05) is 12.2 Å². The molecule has 2 amide bonds. The minimum atomic E-state index is -0.394. The van der Waals surface area contributed by atoms with Crippen LogP contribution in [-0.4, -0.2) is 11.8 Å². The molecule has 3 nitrogen and oxygen atoms in total. The molecule has 0 aromatic rings. The van der Waals surface area contributed by atoms with Gasteiger partial charge < -0.3 is 0 Å². The smallest absolute Gasteiger partial charge is 0.234 e. The third-order valence-electron chi connectivity index (χ3n) is 3.06. The Labute approximate surface area is 103 Å². The monoisotopic (exact) mass is 235 g/mol. The highest BCUT2D eigenvalue weighted by molar-refractivity contribution is 6.06. The summed E-state index contributed by atoms with van der Waals surface area (Å²) in [5, 5.41) is 2.33. The molecule has 3 heteroatoms. The second-order valence-electron chi connectivity index (χ2n) is 4.42. The molecule has 2 atom stereocenters. The Kier molecular flexibility index (Phi) is 5.67. The van der Waals surface area contributed by atoms with E-state index in [0.717, 1.165) is 12.8 Å². The SMILES string of the molecule is C=CC1C(=O)NC(=O)C1C=CCCCCCC. The highest BCUT2D eigenvalue weighted by atomic mass is 16.2. The van der Waals surface area contributed by atoms with Gasteiger partial charge in [-0.2, -0.15) is 0 Å². The summed E-state index contributed by atoms with van der Waals surface area (Å²) in [6.45, 7) is 5.78. The second kappa shape index (κ2) is 7.05. The maximum Gasteiger partial charge on any atom is 0.234 e. The number of hydrogen-bond acceptors (Lipinski definition) is 2. The van der Waals surface area contributed by atoms with E-state index in [1.54, 1.807) is 6.08 Å². The first kappa shape index (κ1) is 13.7. The molecule has 0 bridgehead atoms. The van der Waals surface area contributed by atoms with Crippen LogP contribution in [0.4, 0.5) is 0 Å². The van der Waals surface area contributed by atoms with Crippen LogP contribution in [-0.2, 0) is 9.59 Å². The summed E-state index contributed by atoms with van der Waals surface area (Å²) >= 11 is 0. The fourth-order valence-electron chi connectivity index (χ4n) is 2.01. The van der Waals surface area contributed by atoms with Gasteiger partial charge in [0.1, 0.15) is 0 Å².